The number of hydrogen-bond donors (Lipinski definition) is 3. The van der Waals surface area contributed by atoms with Crippen molar-refractivity contribution in [2.24, 2.45) is 0 Å². The first-order valence-electron chi connectivity index (χ1n) is 13.3. The van der Waals surface area contributed by atoms with Crippen molar-refractivity contribution in [3.8, 4) is 0 Å². The molecule has 4 aromatic rings. The van der Waals surface area contributed by atoms with Gasteiger partial charge >= 0.3 is 6.03 Å². The molecule has 0 fully saturated rings. The van der Waals surface area contributed by atoms with E-state index < -0.39 is 0 Å². The van der Waals surface area contributed by atoms with Gasteiger partial charge in [0.1, 0.15) is 0 Å². The zero-order valence-corrected chi connectivity index (χ0v) is 22.4. The van der Waals surface area contributed by atoms with E-state index in [0.29, 0.717) is 6.54 Å². The van der Waals surface area contributed by atoms with E-state index >= 15 is 0 Å². The van der Waals surface area contributed by atoms with E-state index in [1.54, 1.807) is 0 Å². The van der Waals surface area contributed by atoms with Crippen molar-refractivity contribution in [3.63, 3.8) is 0 Å². The molecule has 196 valence electrons. The summed E-state index contributed by atoms with van der Waals surface area (Å²) < 4.78 is 0. The van der Waals surface area contributed by atoms with Gasteiger partial charge in [-0.3, -0.25) is 0 Å². The number of amides is 2. The predicted octanol–water partition coefficient (Wildman–Crippen LogP) is 6.49. The zero-order chi connectivity index (χ0) is 26.7. The SMILES string of the molecule is Cc1ccc(N)c(CNCCc2ccccc2)c1.Cc1ccc2c(c1)CN(CCc1ccccc1)C(=O)N2. The van der Waals surface area contributed by atoms with E-state index in [9.17, 15) is 4.79 Å². The molecule has 1 heterocycles. The van der Waals surface area contributed by atoms with Crippen LogP contribution in [0.3, 0.4) is 0 Å². The largest absolute Gasteiger partial charge is 0.398 e. The highest BCUT2D eigenvalue weighted by atomic mass is 16.2. The maximum Gasteiger partial charge on any atom is 0.322 e. The van der Waals surface area contributed by atoms with Gasteiger partial charge in [-0.05, 0) is 67.6 Å². The van der Waals surface area contributed by atoms with Crippen LogP contribution in [0.4, 0.5) is 16.2 Å². The fraction of sp³-hybridized carbons (Fsp3) is 0.242. The van der Waals surface area contributed by atoms with Gasteiger partial charge in [0.05, 0.1) is 0 Å². The molecule has 0 radical (unpaired) electrons. The van der Waals surface area contributed by atoms with Crippen LogP contribution in [-0.4, -0.2) is 24.0 Å². The quantitative estimate of drug-likeness (QED) is 0.189. The maximum absolute atomic E-state index is 12.1. The molecular weight excluding hydrogens is 468 g/mol. The number of nitrogens with one attached hydrogen (secondary N) is 2. The first kappa shape index (κ1) is 27.0. The molecular formula is C33H38N4O. The lowest BCUT2D eigenvalue weighted by Crippen LogP contribution is -2.39. The Morgan fingerprint density at radius 2 is 1.45 bits per heavy atom. The fourth-order valence-electron chi connectivity index (χ4n) is 4.52. The third-order valence-electron chi connectivity index (χ3n) is 6.71. The fourth-order valence-corrected chi connectivity index (χ4v) is 4.52. The number of urea groups is 1. The van der Waals surface area contributed by atoms with Crippen molar-refractivity contribution in [2.45, 2.75) is 39.8 Å². The van der Waals surface area contributed by atoms with E-state index in [1.165, 1.54) is 33.4 Å². The van der Waals surface area contributed by atoms with E-state index in [-0.39, 0.29) is 6.03 Å². The lowest BCUT2D eigenvalue weighted by molar-refractivity contribution is 0.207. The van der Waals surface area contributed by atoms with Gasteiger partial charge in [-0.25, -0.2) is 4.79 Å². The number of nitrogen functional groups attached to an aromatic ring is 1. The molecule has 5 heteroatoms. The second-order valence-corrected chi connectivity index (χ2v) is 9.86. The lowest BCUT2D eigenvalue weighted by atomic mass is 10.1. The standard InChI is InChI=1S/C17H18N2O.C16H20N2/c1-13-7-8-16-15(11-13)12-19(17(20)18-16)10-9-14-5-3-2-4-6-14;1-13-7-8-16(17)15(11-13)12-18-10-9-14-5-3-2-4-6-14/h2-8,11H,9-10,12H2,1H3,(H,18,20);2-8,11,18H,9-10,12,17H2,1H3. The van der Waals surface area contributed by atoms with Crippen LogP contribution in [0.2, 0.25) is 0 Å². The van der Waals surface area contributed by atoms with Gasteiger partial charge in [0.15, 0.2) is 0 Å². The molecule has 4 N–H and O–H groups in total. The predicted molar refractivity (Wildman–Crippen MR) is 158 cm³/mol. The Balaban J connectivity index is 0.000000178. The molecule has 5 rings (SSSR count). The molecule has 0 spiro atoms. The average Bonchev–Trinajstić information content (AvgIpc) is 2.93. The summed E-state index contributed by atoms with van der Waals surface area (Å²) >= 11 is 0. The third-order valence-corrected chi connectivity index (χ3v) is 6.71. The normalized spacial score (nSPS) is 12.3. The van der Waals surface area contributed by atoms with Crippen molar-refractivity contribution >= 4 is 17.4 Å². The van der Waals surface area contributed by atoms with Crippen molar-refractivity contribution in [2.75, 3.05) is 24.1 Å². The molecule has 0 saturated carbocycles. The van der Waals surface area contributed by atoms with Crippen molar-refractivity contribution in [3.05, 3.63) is 130 Å². The van der Waals surface area contributed by atoms with Crippen LogP contribution in [0.5, 0.6) is 0 Å². The molecule has 38 heavy (non-hydrogen) atoms. The molecule has 0 atom stereocenters. The van der Waals surface area contributed by atoms with Gasteiger partial charge in [0.25, 0.3) is 0 Å². The molecule has 2 amide bonds. The Morgan fingerprint density at radius 1 is 0.816 bits per heavy atom. The van der Waals surface area contributed by atoms with Gasteiger partial charge in [-0.15, -0.1) is 0 Å². The summed E-state index contributed by atoms with van der Waals surface area (Å²) in [7, 11) is 0. The Labute approximate surface area is 226 Å². The monoisotopic (exact) mass is 506 g/mol. The molecule has 4 aromatic carbocycles. The molecule has 0 unspecified atom stereocenters. The minimum absolute atomic E-state index is 0.00251. The number of aryl methyl sites for hydroxylation is 2. The van der Waals surface area contributed by atoms with Crippen LogP contribution in [0.1, 0.15) is 33.4 Å². The number of nitrogens with zero attached hydrogens (tertiary/aromatic N) is 1. The Kier molecular flexibility index (Phi) is 9.54. The van der Waals surface area contributed by atoms with E-state index in [4.69, 9.17) is 5.73 Å². The number of carbonyl (C=O) groups is 1. The molecule has 5 nitrogen and oxygen atoms in total. The van der Waals surface area contributed by atoms with Crippen LogP contribution >= 0.6 is 0 Å². The second-order valence-electron chi connectivity index (χ2n) is 9.86. The van der Waals surface area contributed by atoms with Crippen LogP contribution in [0, 0.1) is 13.8 Å². The Morgan fingerprint density at radius 3 is 2.16 bits per heavy atom. The van der Waals surface area contributed by atoms with Crippen molar-refractivity contribution in [1.29, 1.82) is 0 Å². The minimum Gasteiger partial charge on any atom is -0.398 e. The molecule has 0 aromatic heterocycles. The van der Waals surface area contributed by atoms with Crippen LogP contribution in [0.15, 0.2) is 97.1 Å². The Hall–Kier alpha value is -4.09. The number of rotatable bonds is 8. The smallest absolute Gasteiger partial charge is 0.322 e. The summed E-state index contributed by atoms with van der Waals surface area (Å²) in [6, 6.07) is 33.1. The number of carbonyl (C=O) groups excluding carboxylic acids is 1. The van der Waals surface area contributed by atoms with Crippen molar-refractivity contribution in [1.82, 2.24) is 10.2 Å². The second kappa shape index (κ2) is 13.5. The van der Waals surface area contributed by atoms with Gasteiger partial charge in [0, 0.05) is 31.0 Å². The third kappa shape index (κ3) is 7.95. The first-order valence-corrected chi connectivity index (χ1v) is 13.3. The van der Waals surface area contributed by atoms with Gasteiger partial charge in [0.2, 0.25) is 0 Å². The highest BCUT2D eigenvalue weighted by Gasteiger charge is 2.21. The summed E-state index contributed by atoms with van der Waals surface area (Å²) in [5.74, 6) is 0. The highest BCUT2D eigenvalue weighted by Crippen LogP contribution is 2.24. The van der Waals surface area contributed by atoms with Gasteiger partial charge in [-0.2, -0.15) is 0 Å². The topological polar surface area (TPSA) is 70.4 Å². The molecule has 0 saturated heterocycles. The summed E-state index contributed by atoms with van der Waals surface area (Å²) in [6.07, 6.45) is 1.93. The van der Waals surface area contributed by atoms with E-state index in [0.717, 1.165) is 43.9 Å². The summed E-state index contributed by atoms with van der Waals surface area (Å²) in [5, 5.41) is 6.40. The summed E-state index contributed by atoms with van der Waals surface area (Å²) in [6.45, 7) is 7.40. The highest BCUT2D eigenvalue weighted by molar-refractivity contribution is 5.92. The van der Waals surface area contributed by atoms with Crippen LogP contribution in [0.25, 0.3) is 0 Å². The number of benzene rings is 4. The van der Waals surface area contributed by atoms with Gasteiger partial charge in [-0.1, -0.05) is 96.1 Å². The number of anilines is 2. The molecule has 1 aliphatic rings. The van der Waals surface area contributed by atoms with Crippen LogP contribution < -0.4 is 16.4 Å². The summed E-state index contributed by atoms with van der Waals surface area (Å²) in [5.41, 5.74) is 15.2. The van der Waals surface area contributed by atoms with Crippen LogP contribution in [-0.2, 0) is 25.9 Å². The lowest BCUT2D eigenvalue weighted by Gasteiger charge is -2.29. The first-order chi connectivity index (χ1) is 18.5. The van der Waals surface area contributed by atoms with Crippen molar-refractivity contribution < 1.29 is 4.79 Å². The summed E-state index contributed by atoms with van der Waals surface area (Å²) in [4.78, 5) is 13.9. The molecule has 0 aliphatic carbocycles. The zero-order valence-electron chi connectivity index (χ0n) is 22.4. The number of nitrogens with two attached hydrogens (primary N) is 1. The average molecular weight is 507 g/mol. The minimum atomic E-state index is -0.00251. The number of hydrogen-bond acceptors (Lipinski definition) is 3. The number of fused-ring (bicyclic) bond motifs is 1. The van der Waals surface area contributed by atoms with Gasteiger partial charge < -0.3 is 21.3 Å². The van der Waals surface area contributed by atoms with E-state index in [2.05, 4.69) is 73.0 Å². The Bertz CT molecular complexity index is 1320. The molecule has 1 aliphatic heterocycles. The maximum atomic E-state index is 12.1. The molecule has 0 bridgehead atoms. The van der Waals surface area contributed by atoms with E-state index in [1.807, 2.05) is 53.4 Å².